The molecule has 0 aromatic heterocycles. The van der Waals surface area contributed by atoms with Gasteiger partial charge in [-0.05, 0) is 31.7 Å². The van der Waals surface area contributed by atoms with Gasteiger partial charge in [0.15, 0.2) is 0 Å². The number of hydrogen-bond donors (Lipinski definition) is 1. The van der Waals surface area contributed by atoms with E-state index in [0.29, 0.717) is 12.0 Å². The Kier molecular flexibility index (Phi) is 5.58. The van der Waals surface area contributed by atoms with Gasteiger partial charge in [-0.3, -0.25) is 0 Å². The third-order valence-electron chi connectivity index (χ3n) is 3.66. The maximum Gasteiger partial charge on any atom is 0.0503 e. The van der Waals surface area contributed by atoms with Crippen molar-refractivity contribution in [1.82, 2.24) is 4.90 Å². The second kappa shape index (κ2) is 6.46. The fourth-order valence-corrected chi connectivity index (χ4v) is 2.44. The molecule has 1 rings (SSSR count). The molecule has 0 aromatic rings. The average molecular weight is 214 g/mol. The molecular weight excluding hydrogens is 188 g/mol. The molecule has 0 saturated heterocycles. The first kappa shape index (κ1) is 12.9. The monoisotopic (exact) mass is 214 g/mol. The summed E-state index contributed by atoms with van der Waals surface area (Å²) in [6.45, 7) is 4.96. The van der Waals surface area contributed by atoms with Gasteiger partial charge >= 0.3 is 0 Å². The highest BCUT2D eigenvalue weighted by atomic mass is 16.5. The van der Waals surface area contributed by atoms with Crippen molar-refractivity contribution in [3.05, 3.63) is 0 Å². The van der Waals surface area contributed by atoms with Crippen LogP contribution in [0.3, 0.4) is 0 Å². The number of nitrogens with two attached hydrogens (primary N) is 1. The van der Waals surface area contributed by atoms with E-state index in [1.54, 1.807) is 7.11 Å². The molecule has 1 aliphatic rings. The maximum atomic E-state index is 5.84. The summed E-state index contributed by atoms with van der Waals surface area (Å²) >= 11 is 0. The molecule has 0 aromatic carbocycles. The van der Waals surface area contributed by atoms with Crippen molar-refractivity contribution in [2.45, 2.75) is 32.2 Å². The molecule has 2 unspecified atom stereocenters. The SMILES string of the molecule is COCC(C)C(CN)N(C)CC1CCC1. The molecule has 0 bridgehead atoms. The normalized spacial score (nSPS) is 21.4. The first-order chi connectivity index (χ1) is 7.19. The van der Waals surface area contributed by atoms with Crippen molar-refractivity contribution in [2.75, 3.05) is 33.9 Å². The topological polar surface area (TPSA) is 38.5 Å². The number of rotatable bonds is 7. The zero-order valence-corrected chi connectivity index (χ0v) is 10.4. The smallest absolute Gasteiger partial charge is 0.0503 e. The van der Waals surface area contributed by atoms with Crippen molar-refractivity contribution in [3.8, 4) is 0 Å². The van der Waals surface area contributed by atoms with Crippen molar-refractivity contribution in [3.63, 3.8) is 0 Å². The van der Waals surface area contributed by atoms with E-state index in [1.807, 2.05) is 0 Å². The first-order valence-corrected chi connectivity index (χ1v) is 6.08. The maximum absolute atomic E-state index is 5.84. The summed E-state index contributed by atoms with van der Waals surface area (Å²) in [6, 6.07) is 0.463. The molecule has 0 radical (unpaired) electrons. The number of methoxy groups -OCH3 is 1. The van der Waals surface area contributed by atoms with E-state index in [2.05, 4.69) is 18.9 Å². The summed E-state index contributed by atoms with van der Waals surface area (Å²) in [5.41, 5.74) is 5.84. The summed E-state index contributed by atoms with van der Waals surface area (Å²) in [7, 11) is 3.96. The van der Waals surface area contributed by atoms with Crippen LogP contribution in [0.15, 0.2) is 0 Å². The van der Waals surface area contributed by atoms with Gasteiger partial charge in [-0.25, -0.2) is 0 Å². The lowest BCUT2D eigenvalue weighted by Crippen LogP contribution is -2.46. The van der Waals surface area contributed by atoms with Crippen molar-refractivity contribution in [2.24, 2.45) is 17.6 Å². The molecular formula is C12H26N2O. The van der Waals surface area contributed by atoms with E-state index in [-0.39, 0.29) is 0 Å². The van der Waals surface area contributed by atoms with E-state index in [0.717, 1.165) is 19.1 Å². The van der Waals surface area contributed by atoms with Crippen LogP contribution in [-0.4, -0.2) is 44.8 Å². The zero-order chi connectivity index (χ0) is 11.3. The van der Waals surface area contributed by atoms with Gasteiger partial charge in [-0.15, -0.1) is 0 Å². The van der Waals surface area contributed by atoms with Crippen LogP contribution >= 0.6 is 0 Å². The van der Waals surface area contributed by atoms with Gasteiger partial charge in [0, 0.05) is 26.2 Å². The predicted molar refractivity (Wildman–Crippen MR) is 63.9 cm³/mol. The summed E-state index contributed by atoms with van der Waals surface area (Å²) in [5, 5.41) is 0. The highest BCUT2D eigenvalue weighted by Gasteiger charge is 2.25. The standard InChI is InChI=1S/C12H26N2O/c1-10(9-15-3)12(7-13)14(2)8-11-5-4-6-11/h10-12H,4-9,13H2,1-3H3. The molecule has 2 N–H and O–H groups in total. The van der Waals surface area contributed by atoms with Crippen LogP contribution in [0, 0.1) is 11.8 Å². The van der Waals surface area contributed by atoms with Crippen molar-refractivity contribution >= 4 is 0 Å². The Morgan fingerprint density at radius 1 is 1.47 bits per heavy atom. The molecule has 1 fully saturated rings. The molecule has 1 aliphatic carbocycles. The van der Waals surface area contributed by atoms with E-state index in [4.69, 9.17) is 10.5 Å². The number of hydrogen-bond acceptors (Lipinski definition) is 3. The Morgan fingerprint density at radius 3 is 2.53 bits per heavy atom. The Balaban J connectivity index is 2.33. The summed E-state index contributed by atoms with van der Waals surface area (Å²) in [4.78, 5) is 2.42. The van der Waals surface area contributed by atoms with Crippen molar-refractivity contribution in [1.29, 1.82) is 0 Å². The number of likely N-dealkylation sites (N-methyl/N-ethyl adjacent to an activating group) is 1. The van der Waals surface area contributed by atoms with Crippen LogP contribution in [-0.2, 0) is 4.74 Å². The van der Waals surface area contributed by atoms with Crippen LogP contribution in [0.25, 0.3) is 0 Å². The largest absolute Gasteiger partial charge is 0.384 e. The lowest BCUT2D eigenvalue weighted by molar-refractivity contribution is 0.0808. The molecule has 0 spiro atoms. The molecule has 3 nitrogen and oxygen atoms in total. The highest BCUT2D eigenvalue weighted by molar-refractivity contribution is 4.80. The molecule has 90 valence electrons. The fraction of sp³-hybridized carbons (Fsp3) is 1.00. The lowest BCUT2D eigenvalue weighted by Gasteiger charge is -2.36. The molecule has 0 amide bonds. The zero-order valence-electron chi connectivity index (χ0n) is 10.4. The second-order valence-electron chi connectivity index (χ2n) is 4.97. The fourth-order valence-electron chi connectivity index (χ4n) is 2.44. The summed E-state index contributed by atoms with van der Waals surface area (Å²) < 4.78 is 5.20. The predicted octanol–water partition coefficient (Wildman–Crippen LogP) is 1.33. The molecule has 15 heavy (non-hydrogen) atoms. The number of nitrogens with zero attached hydrogens (tertiary/aromatic N) is 1. The number of ether oxygens (including phenoxy) is 1. The van der Waals surface area contributed by atoms with Crippen LogP contribution < -0.4 is 5.73 Å². The van der Waals surface area contributed by atoms with Gasteiger partial charge in [0.2, 0.25) is 0 Å². The van der Waals surface area contributed by atoms with Gasteiger partial charge in [-0.2, -0.15) is 0 Å². The highest BCUT2D eigenvalue weighted by Crippen LogP contribution is 2.27. The van der Waals surface area contributed by atoms with E-state index in [9.17, 15) is 0 Å². The Bertz CT molecular complexity index is 171. The minimum absolute atomic E-state index is 0.463. The first-order valence-electron chi connectivity index (χ1n) is 6.08. The van der Waals surface area contributed by atoms with Gasteiger partial charge in [0.05, 0.1) is 6.61 Å². The van der Waals surface area contributed by atoms with E-state index < -0.39 is 0 Å². The quantitative estimate of drug-likeness (QED) is 0.695. The minimum atomic E-state index is 0.463. The molecule has 2 atom stereocenters. The van der Waals surface area contributed by atoms with E-state index in [1.165, 1.54) is 25.8 Å². The third-order valence-corrected chi connectivity index (χ3v) is 3.66. The van der Waals surface area contributed by atoms with E-state index >= 15 is 0 Å². The minimum Gasteiger partial charge on any atom is -0.384 e. The second-order valence-corrected chi connectivity index (χ2v) is 4.97. The summed E-state index contributed by atoms with van der Waals surface area (Å²) in [6.07, 6.45) is 4.22. The van der Waals surface area contributed by atoms with Crippen LogP contribution in [0.1, 0.15) is 26.2 Å². The molecule has 0 aliphatic heterocycles. The molecule has 3 heteroatoms. The Hall–Kier alpha value is -0.120. The van der Waals surface area contributed by atoms with Crippen LogP contribution in [0.2, 0.25) is 0 Å². The van der Waals surface area contributed by atoms with Gasteiger partial charge < -0.3 is 15.4 Å². The molecule has 1 saturated carbocycles. The lowest BCUT2D eigenvalue weighted by atomic mass is 9.84. The van der Waals surface area contributed by atoms with Gasteiger partial charge in [0.1, 0.15) is 0 Å². The Labute approximate surface area is 94.0 Å². The van der Waals surface area contributed by atoms with Crippen LogP contribution in [0.4, 0.5) is 0 Å². The van der Waals surface area contributed by atoms with Crippen LogP contribution in [0.5, 0.6) is 0 Å². The Morgan fingerprint density at radius 2 is 2.13 bits per heavy atom. The average Bonchev–Trinajstić information content (AvgIpc) is 2.13. The van der Waals surface area contributed by atoms with Gasteiger partial charge in [0.25, 0.3) is 0 Å². The van der Waals surface area contributed by atoms with Gasteiger partial charge in [-0.1, -0.05) is 13.3 Å². The molecule has 0 heterocycles. The van der Waals surface area contributed by atoms with Crippen molar-refractivity contribution < 1.29 is 4.74 Å². The third kappa shape index (κ3) is 3.74. The summed E-state index contributed by atoms with van der Waals surface area (Å²) in [5.74, 6) is 1.43.